The molecule has 0 unspecified atom stereocenters. The van der Waals surface area contributed by atoms with E-state index in [0.29, 0.717) is 29.9 Å². The SMILES string of the molecule is Cc1ccccc1C(=O)Oc1ccc(C(=O)OCCc2ccccc2)cc1. The molecule has 27 heavy (non-hydrogen) atoms. The van der Waals surface area contributed by atoms with Crippen LogP contribution in [0.3, 0.4) is 0 Å². The zero-order valence-electron chi connectivity index (χ0n) is 15.1. The monoisotopic (exact) mass is 360 g/mol. The lowest BCUT2D eigenvalue weighted by Crippen LogP contribution is -2.11. The van der Waals surface area contributed by atoms with Crippen LogP contribution in [0, 0.1) is 6.92 Å². The topological polar surface area (TPSA) is 52.6 Å². The molecule has 3 aromatic rings. The molecule has 0 amide bonds. The Balaban J connectivity index is 1.54. The second-order valence-electron chi connectivity index (χ2n) is 6.10. The Morgan fingerprint density at radius 2 is 1.44 bits per heavy atom. The first-order valence-corrected chi connectivity index (χ1v) is 8.72. The summed E-state index contributed by atoms with van der Waals surface area (Å²) in [6.07, 6.45) is 0.665. The lowest BCUT2D eigenvalue weighted by Gasteiger charge is -2.08. The van der Waals surface area contributed by atoms with Gasteiger partial charge in [0.2, 0.25) is 0 Å². The van der Waals surface area contributed by atoms with Crippen molar-refractivity contribution in [1.29, 1.82) is 0 Å². The molecule has 0 bridgehead atoms. The lowest BCUT2D eigenvalue weighted by atomic mass is 10.1. The average molecular weight is 360 g/mol. The standard InChI is InChI=1S/C23H20O4/c1-17-7-5-6-10-21(17)23(25)27-20-13-11-19(12-14-20)22(24)26-16-15-18-8-3-2-4-9-18/h2-14H,15-16H2,1H3. The highest BCUT2D eigenvalue weighted by Gasteiger charge is 2.12. The molecule has 136 valence electrons. The fourth-order valence-corrected chi connectivity index (χ4v) is 2.61. The van der Waals surface area contributed by atoms with Gasteiger partial charge >= 0.3 is 11.9 Å². The van der Waals surface area contributed by atoms with Gasteiger partial charge in [-0.25, -0.2) is 9.59 Å². The van der Waals surface area contributed by atoms with Crippen LogP contribution < -0.4 is 4.74 Å². The Labute approximate surface area is 158 Å². The molecule has 0 atom stereocenters. The van der Waals surface area contributed by atoms with Crippen LogP contribution in [0.1, 0.15) is 31.8 Å². The molecular formula is C23H20O4. The molecule has 0 heterocycles. The van der Waals surface area contributed by atoms with E-state index in [-0.39, 0.29) is 0 Å². The molecule has 0 saturated carbocycles. The van der Waals surface area contributed by atoms with Gasteiger partial charge in [0.25, 0.3) is 0 Å². The quantitative estimate of drug-likeness (QED) is 0.476. The van der Waals surface area contributed by atoms with Gasteiger partial charge in [-0.1, -0.05) is 48.5 Å². The fourth-order valence-electron chi connectivity index (χ4n) is 2.61. The molecule has 3 aromatic carbocycles. The third kappa shape index (κ3) is 5.05. The highest BCUT2D eigenvalue weighted by molar-refractivity contribution is 5.93. The Hall–Kier alpha value is -3.40. The summed E-state index contributed by atoms with van der Waals surface area (Å²) in [7, 11) is 0. The summed E-state index contributed by atoms with van der Waals surface area (Å²) < 4.78 is 10.7. The van der Waals surface area contributed by atoms with Crippen molar-refractivity contribution in [1.82, 2.24) is 0 Å². The van der Waals surface area contributed by atoms with Gasteiger partial charge in [0.1, 0.15) is 5.75 Å². The highest BCUT2D eigenvalue weighted by atomic mass is 16.5. The molecule has 4 nitrogen and oxygen atoms in total. The summed E-state index contributed by atoms with van der Waals surface area (Å²) >= 11 is 0. The number of carbonyl (C=O) groups is 2. The number of rotatable bonds is 6. The van der Waals surface area contributed by atoms with Crippen LogP contribution in [0.25, 0.3) is 0 Å². The van der Waals surface area contributed by atoms with Crippen molar-refractivity contribution in [3.8, 4) is 5.75 Å². The number of esters is 2. The van der Waals surface area contributed by atoms with Crippen LogP contribution in [0.5, 0.6) is 5.75 Å². The second-order valence-corrected chi connectivity index (χ2v) is 6.10. The predicted octanol–water partition coefficient (Wildman–Crippen LogP) is 4.61. The summed E-state index contributed by atoms with van der Waals surface area (Å²) in [6.45, 7) is 2.16. The van der Waals surface area contributed by atoms with Crippen molar-refractivity contribution >= 4 is 11.9 Å². The van der Waals surface area contributed by atoms with Crippen molar-refractivity contribution in [2.75, 3.05) is 6.61 Å². The first kappa shape index (κ1) is 18.4. The normalized spacial score (nSPS) is 10.3. The average Bonchev–Trinajstić information content (AvgIpc) is 2.69. The molecule has 3 rings (SSSR count). The number of hydrogen-bond donors (Lipinski definition) is 0. The molecule has 0 spiro atoms. The minimum absolute atomic E-state index is 0.312. The van der Waals surface area contributed by atoms with E-state index in [4.69, 9.17) is 9.47 Å². The lowest BCUT2D eigenvalue weighted by molar-refractivity contribution is 0.0509. The first-order valence-electron chi connectivity index (χ1n) is 8.72. The summed E-state index contributed by atoms with van der Waals surface area (Å²) in [5, 5.41) is 0. The van der Waals surface area contributed by atoms with Crippen LogP contribution in [-0.2, 0) is 11.2 Å². The maximum absolute atomic E-state index is 12.2. The molecule has 0 aliphatic carbocycles. The smallest absolute Gasteiger partial charge is 0.343 e. The third-order valence-electron chi connectivity index (χ3n) is 4.13. The first-order chi connectivity index (χ1) is 13.1. The Morgan fingerprint density at radius 3 is 2.15 bits per heavy atom. The largest absolute Gasteiger partial charge is 0.462 e. The van der Waals surface area contributed by atoms with E-state index < -0.39 is 11.9 Å². The van der Waals surface area contributed by atoms with Crippen molar-refractivity contribution in [2.24, 2.45) is 0 Å². The van der Waals surface area contributed by atoms with Gasteiger partial charge in [0, 0.05) is 6.42 Å². The van der Waals surface area contributed by atoms with Gasteiger partial charge in [-0.15, -0.1) is 0 Å². The molecular weight excluding hydrogens is 340 g/mol. The van der Waals surface area contributed by atoms with Gasteiger partial charge in [0.15, 0.2) is 0 Å². The summed E-state index contributed by atoms with van der Waals surface area (Å²) in [6, 6.07) is 23.4. The van der Waals surface area contributed by atoms with Crippen molar-refractivity contribution in [3.05, 3.63) is 101 Å². The number of aryl methyl sites for hydroxylation is 1. The van der Waals surface area contributed by atoms with E-state index in [9.17, 15) is 9.59 Å². The molecule has 0 fully saturated rings. The van der Waals surface area contributed by atoms with E-state index >= 15 is 0 Å². The minimum atomic E-state index is -0.425. The Morgan fingerprint density at radius 1 is 0.778 bits per heavy atom. The molecule has 0 aliphatic heterocycles. The van der Waals surface area contributed by atoms with E-state index in [2.05, 4.69) is 0 Å². The van der Waals surface area contributed by atoms with Gasteiger partial charge in [-0.3, -0.25) is 0 Å². The van der Waals surface area contributed by atoms with Gasteiger partial charge in [0.05, 0.1) is 17.7 Å². The number of carbonyl (C=O) groups excluding carboxylic acids is 2. The van der Waals surface area contributed by atoms with Crippen molar-refractivity contribution in [2.45, 2.75) is 13.3 Å². The van der Waals surface area contributed by atoms with Crippen LogP contribution in [0.4, 0.5) is 0 Å². The summed E-state index contributed by atoms with van der Waals surface area (Å²) in [4.78, 5) is 24.3. The number of ether oxygens (including phenoxy) is 2. The van der Waals surface area contributed by atoms with Gasteiger partial charge in [-0.05, 0) is 48.4 Å². The molecule has 0 aliphatic rings. The molecule has 0 radical (unpaired) electrons. The van der Waals surface area contributed by atoms with Crippen LogP contribution in [-0.4, -0.2) is 18.5 Å². The fraction of sp³-hybridized carbons (Fsp3) is 0.130. The maximum atomic E-state index is 12.2. The third-order valence-corrected chi connectivity index (χ3v) is 4.13. The zero-order chi connectivity index (χ0) is 19.1. The number of benzene rings is 3. The van der Waals surface area contributed by atoms with Crippen LogP contribution >= 0.6 is 0 Å². The van der Waals surface area contributed by atoms with Gasteiger partial charge < -0.3 is 9.47 Å². The second kappa shape index (κ2) is 8.81. The van der Waals surface area contributed by atoms with Crippen molar-refractivity contribution in [3.63, 3.8) is 0 Å². The Kier molecular flexibility index (Phi) is 6.00. The predicted molar refractivity (Wildman–Crippen MR) is 103 cm³/mol. The van der Waals surface area contributed by atoms with E-state index in [1.165, 1.54) is 0 Å². The van der Waals surface area contributed by atoms with Gasteiger partial charge in [-0.2, -0.15) is 0 Å². The molecule has 0 N–H and O–H groups in total. The van der Waals surface area contributed by atoms with Crippen molar-refractivity contribution < 1.29 is 19.1 Å². The highest BCUT2D eigenvalue weighted by Crippen LogP contribution is 2.16. The Bertz CT molecular complexity index is 915. The number of hydrogen-bond acceptors (Lipinski definition) is 4. The van der Waals surface area contributed by atoms with E-state index in [1.54, 1.807) is 36.4 Å². The zero-order valence-corrected chi connectivity index (χ0v) is 15.1. The molecule has 0 saturated heterocycles. The molecule has 0 aromatic heterocycles. The van der Waals surface area contributed by atoms with E-state index in [0.717, 1.165) is 11.1 Å². The minimum Gasteiger partial charge on any atom is -0.462 e. The van der Waals surface area contributed by atoms with E-state index in [1.807, 2.05) is 49.4 Å². The van der Waals surface area contributed by atoms with Crippen LogP contribution in [0.2, 0.25) is 0 Å². The summed E-state index contributed by atoms with van der Waals surface area (Å²) in [5.74, 6) is -0.446. The maximum Gasteiger partial charge on any atom is 0.343 e. The summed E-state index contributed by atoms with van der Waals surface area (Å²) in [5.41, 5.74) is 2.89. The molecule has 4 heteroatoms. The van der Waals surface area contributed by atoms with Crippen LogP contribution in [0.15, 0.2) is 78.9 Å².